The van der Waals surface area contributed by atoms with Crippen molar-refractivity contribution in [2.24, 2.45) is 5.84 Å². The van der Waals surface area contributed by atoms with Crippen molar-refractivity contribution in [1.82, 2.24) is 14.4 Å². The molecule has 2 aromatic heterocycles. The molecule has 0 aliphatic rings. The lowest BCUT2D eigenvalue weighted by molar-refractivity contribution is 0.778. The number of nitrogens with zero attached hydrogens (tertiary/aromatic N) is 4. The van der Waals surface area contributed by atoms with Crippen molar-refractivity contribution in [1.29, 1.82) is 0 Å². The Labute approximate surface area is 100 Å². The number of nitrogens with two attached hydrogens (primary N) is 1. The molecule has 0 spiro atoms. The molecule has 2 aromatic rings. The normalized spacial score (nSPS) is 10.8. The van der Waals surface area contributed by atoms with Crippen LogP contribution in [-0.2, 0) is 0 Å². The molecule has 6 nitrogen and oxygen atoms in total. The number of aromatic nitrogens is 3. The largest absolute Gasteiger partial charge is 0.354 e. The van der Waals surface area contributed by atoms with Crippen LogP contribution < -0.4 is 16.2 Å². The maximum absolute atomic E-state index is 5.43. The smallest absolute Gasteiger partial charge is 0.180 e. The second-order valence-electron chi connectivity index (χ2n) is 3.83. The molecule has 0 atom stereocenters. The number of hydrazine groups is 1. The first-order chi connectivity index (χ1) is 8.30. The molecule has 0 radical (unpaired) electrons. The second kappa shape index (κ2) is 5.01. The van der Waals surface area contributed by atoms with E-state index in [0.717, 1.165) is 31.0 Å². The van der Waals surface area contributed by atoms with Crippen LogP contribution in [0.1, 0.15) is 20.3 Å². The van der Waals surface area contributed by atoms with Gasteiger partial charge in [0.2, 0.25) is 0 Å². The van der Waals surface area contributed by atoms with Crippen LogP contribution in [0.5, 0.6) is 0 Å². The second-order valence-corrected chi connectivity index (χ2v) is 3.83. The monoisotopic (exact) mass is 234 g/mol. The zero-order valence-corrected chi connectivity index (χ0v) is 10.2. The summed E-state index contributed by atoms with van der Waals surface area (Å²) in [6.45, 7) is 6.12. The number of hydrogen-bond acceptors (Lipinski definition) is 5. The summed E-state index contributed by atoms with van der Waals surface area (Å²) in [7, 11) is 0. The van der Waals surface area contributed by atoms with Crippen LogP contribution in [0.15, 0.2) is 18.6 Å². The summed E-state index contributed by atoms with van der Waals surface area (Å²) >= 11 is 0. The first-order valence-electron chi connectivity index (χ1n) is 5.85. The highest BCUT2D eigenvalue weighted by Gasteiger charge is 2.12. The van der Waals surface area contributed by atoms with E-state index in [4.69, 9.17) is 5.84 Å². The molecule has 92 valence electrons. The van der Waals surface area contributed by atoms with Crippen LogP contribution in [0.2, 0.25) is 0 Å². The fraction of sp³-hybridized carbons (Fsp3) is 0.455. The SMILES string of the molecule is CCCN(CC)c1nc(NN)cn2ccnc12. The van der Waals surface area contributed by atoms with E-state index in [-0.39, 0.29) is 0 Å². The van der Waals surface area contributed by atoms with Crippen LogP contribution in [-0.4, -0.2) is 27.5 Å². The Bertz CT molecular complexity index is 492. The molecule has 0 fully saturated rings. The van der Waals surface area contributed by atoms with Crippen molar-refractivity contribution in [2.75, 3.05) is 23.4 Å². The molecule has 0 bridgehead atoms. The molecular weight excluding hydrogens is 216 g/mol. The lowest BCUT2D eigenvalue weighted by Crippen LogP contribution is -2.26. The fourth-order valence-electron chi connectivity index (χ4n) is 1.88. The summed E-state index contributed by atoms with van der Waals surface area (Å²) in [6, 6.07) is 0. The third-order valence-corrected chi connectivity index (χ3v) is 2.68. The Hall–Kier alpha value is -1.82. The van der Waals surface area contributed by atoms with Gasteiger partial charge in [-0.1, -0.05) is 6.92 Å². The number of nitrogen functional groups attached to an aromatic ring is 1. The number of imidazole rings is 1. The first-order valence-corrected chi connectivity index (χ1v) is 5.85. The van der Waals surface area contributed by atoms with Gasteiger partial charge in [-0.15, -0.1) is 0 Å². The third-order valence-electron chi connectivity index (χ3n) is 2.68. The molecule has 0 aliphatic carbocycles. The summed E-state index contributed by atoms with van der Waals surface area (Å²) in [4.78, 5) is 11.0. The van der Waals surface area contributed by atoms with E-state index in [2.05, 4.69) is 34.1 Å². The highest BCUT2D eigenvalue weighted by atomic mass is 15.3. The number of hydrogen-bond donors (Lipinski definition) is 2. The van der Waals surface area contributed by atoms with Crippen LogP contribution in [0.3, 0.4) is 0 Å². The van der Waals surface area contributed by atoms with Crippen LogP contribution >= 0.6 is 0 Å². The Morgan fingerprint density at radius 1 is 1.47 bits per heavy atom. The quantitative estimate of drug-likeness (QED) is 0.602. The summed E-state index contributed by atoms with van der Waals surface area (Å²) in [5, 5.41) is 0. The summed E-state index contributed by atoms with van der Waals surface area (Å²) in [5.74, 6) is 6.94. The fourth-order valence-corrected chi connectivity index (χ4v) is 1.88. The predicted octanol–water partition coefficient (Wildman–Crippen LogP) is 1.25. The van der Waals surface area contributed by atoms with Crippen LogP contribution in [0, 0.1) is 0 Å². The van der Waals surface area contributed by atoms with Gasteiger partial charge in [0, 0.05) is 25.5 Å². The molecule has 0 saturated carbocycles. The molecule has 3 N–H and O–H groups in total. The Morgan fingerprint density at radius 2 is 2.29 bits per heavy atom. The van der Waals surface area contributed by atoms with Crippen molar-refractivity contribution >= 4 is 17.3 Å². The van der Waals surface area contributed by atoms with Gasteiger partial charge in [-0.2, -0.15) is 0 Å². The molecule has 0 aromatic carbocycles. The minimum atomic E-state index is 0.639. The van der Waals surface area contributed by atoms with Crippen LogP contribution in [0.4, 0.5) is 11.6 Å². The zero-order chi connectivity index (χ0) is 12.3. The Morgan fingerprint density at radius 3 is 2.94 bits per heavy atom. The molecule has 0 amide bonds. The standard InChI is InChI=1S/C11H18N6/c1-3-6-16(4-2)11-10-13-5-7-17(10)8-9(14-11)15-12/h5,7-8,15H,3-4,6,12H2,1-2H3. The molecule has 2 heterocycles. The Balaban J connectivity index is 2.52. The van der Waals surface area contributed by atoms with Gasteiger partial charge in [0.05, 0.1) is 6.20 Å². The van der Waals surface area contributed by atoms with E-state index in [1.165, 1.54) is 0 Å². The van der Waals surface area contributed by atoms with Crippen molar-refractivity contribution in [3.63, 3.8) is 0 Å². The average Bonchev–Trinajstić information content (AvgIpc) is 2.82. The van der Waals surface area contributed by atoms with E-state index >= 15 is 0 Å². The van der Waals surface area contributed by atoms with Gasteiger partial charge in [-0.25, -0.2) is 15.8 Å². The van der Waals surface area contributed by atoms with Crippen molar-refractivity contribution in [3.8, 4) is 0 Å². The molecule has 0 aliphatic heterocycles. The summed E-state index contributed by atoms with van der Waals surface area (Å²) in [6.07, 6.45) is 6.55. The minimum absolute atomic E-state index is 0.639. The molecular formula is C11H18N6. The number of anilines is 2. The third kappa shape index (κ3) is 2.16. The molecule has 6 heteroatoms. The van der Waals surface area contributed by atoms with Gasteiger partial charge in [0.25, 0.3) is 0 Å². The van der Waals surface area contributed by atoms with E-state index in [1.54, 1.807) is 6.20 Å². The van der Waals surface area contributed by atoms with E-state index in [9.17, 15) is 0 Å². The molecule has 17 heavy (non-hydrogen) atoms. The van der Waals surface area contributed by atoms with E-state index < -0.39 is 0 Å². The van der Waals surface area contributed by atoms with Crippen LogP contribution in [0.25, 0.3) is 5.65 Å². The Kier molecular flexibility index (Phi) is 3.43. The van der Waals surface area contributed by atoms with Gasteiger partial charge >= 0.3 is 0 Å². The van der Waals surface area contributed by atoms with Gasteiger partial charge in [0.15, 0.2) is 17.3 Å². The molecule has 0 saturated heterocycles. The topological polar surface area (TPSA) is 71.5 Å². The van der Waals surface area contributed by atoms with Gasteiger partial charge in [-0.05, 0) is 13.3 Å². The average molecular weight is 234 g/mol. The van der Waals surface area contributed by atoms with Crippen molar-refractivity contribution < 1.29 is 0 Å². The lowest BCUT2D eigenvalue weighted by atomic mass is 10.4. The van der Waals surface area contributed by atoms with Crippen molar-refractivity contribution in [3.05, 3.63) is 18.6 Å². The lowest BCUT2D eigenvalue weighted by Gasteiger charge is -2.22. The highest BCUT2D eigenvalue weighted by Crippen LogP contribution is 2.20. The minimum Gasteiger partial charge on any atom is -0.354 e. The van der Waals surface area contributed by atoms with Gasteiger partial charge in [-0.3, -0.25) is 0 Å². The molecule has 2 rings (SSSR count). The predicted molar refractivity (Wildman–Crippen MR) is 69.0 cm³/mol. The highest BCUT2D eigenvalue weighted by molar-refractivity contribution is 5.66. The summed E-state index contributed by atoms with van der Waals surface area (Å²) in [5.41, 5.74) is 3.44. The molecule has 0 unspecified atom stereocenters. The number of fused-ring (bicyclic) bond motifs is 1. The maximum atomic E-state index is 5.43. The van der Waals surface area contributed by atoms with Crippen molar-refractivity contribution in [2.45, 2.75) is 20.3 Å². The van der Waals surface area contributed by atoms with Gasteiger partial charge < -0.3 is 14.7 Å². The van der Waals surface area contributed by atoms with Gasteiger partial charge in [0.1, 0.15) is 0 Å². The van der Waals surface area contributed by atoms with E-state index in [1.807, 2.05) is 16.8 Å². The maximum Gasteiger partial charge on any atom is 0.180 e. The number of rotatable bonds is 5. The summed E-state index contributed by atoms with van der Waals surface area (Å²) < 4.78 is 1.93. The van der Waals surface area contributed by atoms with E-state index in [0.29, 0.717) is 5.82 Å². The number of nitrogens with one attached hydrogen (secondary N) is 1. The zero-order valence-electron chi connectivity index (χ0n) is 10.2. The first kappa shape index (κ1) is 11.7.